The van der Waals surface area contributed by atoms with Crippen LogP contribution in [0.1, 0.15) is 66.6 Å². The normalized spacial score (nSPS) is 27.5. The number of nitrogens with zero attached hydrogens (tertiary/aromatic N) is 2. The summed E-state index contributed by atoms with van der Waals surface area (Å²) in [6.45, 7) is 0.755. The van der Waals surface area contributed by atoms with Gasteiger partial charge in [0.25, 0.3) is 5.91 Å². The van der Waals surface area contributed by atoms with Crippen molar-refractivity contribution in [1.29, 1.82) is 0 Å². The third kappa shape index (κ3) is 4.20. The molecule has 0 aliphatic heterocycles. The molecule has 4 fully saturated rings. The van der Waals surface area contributed by atoms with Gasteiger partial charge in [0.2, 0.25) is 0 Å². The number of aromatic nitrogens is 2. The van der Waals surface area contributed by atoms with E-state index in [0.29, 0.717) is 26.4 Å². The number of hydrogen-bond acceptors (Lipinski definition) is 2. The predicted molar refractivity (Wildman–Crippen MR) is 149 cm³/mol. The highest BCUT2D eigenvalue weighted by Gasteiger charge is 2.50. The minimum absolute atomic E-state index is 0.0757. The molecule has 0 radical (unpaired) electrons. The minimum Gasteiger partial charge on any atom is -0.350 e. The van der Waals surface area contributed by atoms with Gasteiger partial charge in [-0.1, -0.05) is 40.9 Å². The maximum Gasteiger partial charge on any atom is 0.272 e. The molecule has 0 saturated heterocycles. The zero-order chi connectivity index (χ0) is 25.3. The number of rotatable bonds is 4. The lowest BCUT2D eigenvalue weighted by Crippen LogP contribution is -2.51. The third-order valence-corrected chi connectivity index (χ3v) is 10.1. The standard InChI is InChI=1S/C30H30Cl3N3O/c31-21-4-6-23-20(11-21)2-1-3-24-27(35-36(28(23)24)26-7-5-22(32)12-25(26)33)29(37)34-16-30-13-17-8-18(14-30)10-19(9-17)15-30/h4-7,11-12,17-19H,1-3,8-10,13-16H2,(H,34,37). The van der Waals surface area contributed by atoms with Crippen molar-refractivity contribution < 1.29 is 4.79 Å². The number of fused-ring (bicyclic) bond motifs is 3. The molecule has 5 aliphatic rings. The Morgan fingerprint density at radius 3 is 2.32 bits per heavy atom. The molecule has 4 saturated carbocycles. The summed E-state index contributed by atoms with van der Waals surface area (Å²) in [4.78, 5) is 13.8. The molecule has 3 aromatic rings. The summed E-state index contributed by atoms with van der Waals surface area (Å²) >= 11 is 19.2. The van der Waals surface area contributed by atoms with Crippen LogP contribution in [0.5, 0.6) is 0 Å². The number of hydrogen-bond donors (Lipinski definition) is 1. The number of aryl methyl sites for hydroxylation is 1. The Balaban J connectivity index is 1.28. The Kier molecular flexibility index (Phi) is 5.87. The van der Waals surface area contributed by atoms with E-state index in [2.05, 4.69) is 5.32 Å². The van der Waals surface area contributed by atoms with E-state index in [0.717, 1.165) is 65.9 Å². The lowest BCUT2D eigenvalue weighted by Gasteiger charge is -2.56. The zero-order valence-corrected chi connectivity index (χ0v) is 23.0. The maximum atomic E-state index is 13.8. The lowest BCUT2D eigenvalue weighted by molar-refractivity contribution is -0.0503. The van der Waals surface area contributed by atoms with Gasteiger partial charge < -0.3 is 5.32 Å². The molecular formula is C30H30Cl3N3O. The molecule has 192 valence electrons. The molecule has 1 amide bonds. The van der Waals surface area contributed by atoms with Gasteiger partial charge in [0.15, 0.2) is 5.69 Å². The van der Waals surface area contributed by atoms with Crippen molar-refractivity contribution in [2.75, 3.05) is 6.54 Å². The van der Waals surface area contributed by atoms with E-state index in [9.17, 15) is 4.79 Å². The molecule has 2 aromatic carbocycles. The molecule has 1 N–H and O–H groups in total. The minimum atomic E-state index is -0.0757. The van der Waals surface area contributed by atoms with E-state index in [1.54, 1.807) is 6.07 Å². The molecule has 0 spiro atoms. The number of halogens is 3. The molecule has 0 unspecified atom stereocenters. The zero-order valence-electron chi connectivity index (χ0n) is 20.7. The summed E-state index contributed by atoms with van der Waals surface area (Å²) in [7, 11) is 0. The summed E-state index contributed by atoms with van der Waals surface area (Å²) in [5.74, 6) is 2.49. The monoisotopic (exact) mass is 553 g/mol. The Labute approximate surface area is 232 Å². The molecule has 1 aromatic heterocycles. The van der Waals surface area contributed by atoms with Crippen molar-refractivity contribution in [3.8, 4) is 16.9 Å². The van der Waals surface area contributed by atoms with E-state index in [1.165, 1.54) is 38.5 Å². The summed E-state index contributed by atoms with van der Waals surface area (Å²) in [5.41, 5.74) is 5.61. The highest BCUT2D eigenvalue weighted by atomic mass is 35.5. The molecule has 0 atom stereocenters. The average molecular weight is 555 g/mol. The van der Waals surface area contributed by atoms with Gasteiger partial charge in [0, 0.05) is 27.7 Å². The Bertz CT molecular complexity index is 1380. The van der Waals surface area contributed by atoms with Crippen molar-refractivity contribution in [2.45, 2.75) is 57.8 Å². The average Bonchev–Trinajstić information content (AvgIpc) is 3.10. The van der Waals surface area contributed by atoms with Crippen molar-refractivity contribution in [1.82, 2.24) is 15.1 Å². The molecule has 37 heavy (non-hydrogen) atoms. The van der Waals surface area contributed by atoms with Gasteiger partial charge in [-0.05, 0) is 117 Å². The number of benzene rings is 2. The summed E-state index contributed by atoms with van der Waals surface area (Å²) in [6.07, 6.45) is 10.6. The van der Waals surface area contributed by atoms with Crippen LogP contribution in [0.25, 0.3) is 16.9 Å². The van der Waals surface area contributed by atoms with Crippen LogP contribution in [0, 0.1) is 23.2 Å². The van der Waals surface area contributed by atoms with Crippen molar-refractivity contribution in [3.63, 3.8) is 0 Å². The van der Waals surface area contributed by atoms with Gasteiger partial charge in [-0.15, -0.1) is 0 Å². The molecule has 7 heteroatoms. The lowest BCUT2D eigenvalue weighted by atomic mass is 9.49. The first kappa shape index (κ1) is 24.1. The van der Waals surface area contributed by atoms with Crippen LogP contribution in [-0.4, -0.2) is 22.2 Å². The number of carbonyl (C=O) groups excluding carboxylic acids is 1. The van der Waals surface area contributed by atoms with Gasteiger partial charge in [-0.2, -0.15) is 5.10 Å². The summed E-state index contributed by atoms with van der Waals surface area (Å²) in [5, 5.41) is 10.1. The second kappa shape index (κ2) is 9.03. The van der Waals surface area contributed by atoms with Crippen molar-refractivity contribution in [3.05, 3.63) is 68.3 Å². The second-order valence-electron chi connectivity index (χ2n) is 11.9. The second-order valence-corrected chi connectivity index (χ2v) is 13.2. The summed E-state index contributed by atoms with van der Waals surface area (Å²) in [6, 6.07) is 11.4. The fraction of sp³-hybridized carbons (Fsp3) is 0.467. The Morgan fingerprint density at radius 1 is 0.946 bits per heavy atom. The van der Waals surface area contributed by atoms with Crippen LogP contribution in [0.4, 0.5) is 0 Å². The first-order valence-corrected chi connectivity index (χ1v) is 14.7. The molecular weight excluding hydrogens is 525 g/mol. The fourth-order valence-electron chi connectivity index (χ4n) is 8.29. The first-order valence-electron chi connectivity index (χ1n) is 13.5. The quantitative estimate of drug-likeness (QED) is 0.356. The smallest absolute Gasteiger partial charge is 0.272 e. The van der Waals surface area contributed by atoms with E-state index >= 15 is 0 Å². The number of amides is 1. The predicted octanol–water partition coefficient (Wildman–Crippen LogP) is 7.93. The maximum absolute atomic E-state index is 13.8. The van der Waals surface area contributed by atoms with E-state index in [-0.39, 0.29) is 11.3 Å². The largest absolute Gasteiger partial charge is 0.350 e. The molecule has 4 nitrogen and oxygen atoms in total. The first-order chi connectivity index (χ1) is 17.9. The van der Waals surface area contributed by atoms with Gasteiger partial charge in [-0.3, -0.25) is 4.79 Å². The van der Waals surface area contributed by atoms with Crippen LogP contribution in [0.15, 0.2) is 36.4 Å². The van der Waals surface area contributed by atoms with E-state index in [1.807, 2.05) is 35.0 Å². The molecule has 8 rings (SSSR count). The summed E-state index contributed by atoms with van der Waals surface area (Å²) < 4.78 is 1.84. The van der Waals surface area contributed by atoms with E-state index < -0.39 is 0 Å². The molecule has 1 heterocycles. The number of nitrogens with one attached hydrogen (secondary N) is 1. The highest BCUT2D eigenvalue weighted by molar-refractivity contribution is 6.35. The SMILES string of the molecule is O=C(NCC12CC3CC(CC(C3)C1)C2)c1nn(-c2ccc(Cl)cc2Cl)c2c1CCCc1cc(Cl)ccc1-2. The van der Waals surface area contributed by atoms with Crippen LogP contribution >= 0.6 is 34.8 Å². The van der Waals surface area contributed by atoms with E-state index in [4.69, 9.17) is 39.9 Å². The Morgan fingerprint density at radius 2 is 1.62 bits per heavy atom. The third-order valence-electron chi connectivity index (χ3n) is 9.32. The van der Waals surface area contributed by atoms with Crippen LogP contribution in [0.2, 0.25) is 15.1 Å². The van der Waals surface area contributed by atoms with Crippen molar-refractivity contribution in [2.24, 2.45) is 23.2 Å². The van der Waals surface area contributed by atoms with Crippen LogP contribution in [0.3, 0.4) is 0 Å². The molecule has 4 bridgehead atoms. The topological polar surface area (TPSA) is 46.9 Å². The van der Waals surface area contributed by atoms with Crippen LogP contribution < -0.4 is 5.32 Å². The van der Waals surface area contributed by atoms with Gasteiger partial charge in [0.05, 0.1) is 16.4 Å². The van der Waals surface area contributed by atoms with Crippen molar-refractivity contribution >= 4 is 40.7 Å². The number of carbonyl (C=O) groups is 1. The fourth-order valence-corrected chi connectivity index (χ4v) is 8.97. The van der Waals surface area contributed by atoms with Crippen LogP contribution in [-0.2, 0) is 12.8 Å². The highest BCUT2D eigenvalue weighted by Crippen LogP contribution is 2.59. The van der Waals surface area contributed by atoms with Gasteiger partial charge in [-0.25, -0.2) is 4.68 Å². The Hall–Kier alpha value is -2.01. The molecule has 5 aliphatic carbocycles. The van der Waals surface area contributed by atoms with Gasteiger partial charge >= 0.3 is 0 Å². The van der Waals surface area contributed by atoms with Gasteiger partial charge in [0.1, 0.15) is 0 Å².